The van der Waals surface area contributed by atoms with Crippen LogP contribution in [-0.4, -0.2) is 4.98 Å². The van der Waals surface area contributed by atoms with Crippen LogP contribution in [0.15, 0.2) is 73.0 Å². The zero-order valence-electron chi connectivity index (χ0n) is 14.6. The lowest BCUT2D eigenvalue weighted by molar-refractivity contribution is 1.13. The van der Waals surface area contributed by atoms with Gasteiger partial charge in [-0.25, -0.2) is 0 Å². The highest BCUT2D eigenvalue weighted by Gasteiger charge is 2.16. The summed E-state index contributed by atoms with van der Waals surface area (Å²) in [6.07, 6.45) is 4.94. The van der Waals surface area contributed by atoms with Gasteiger partial charge in [0.15, 0.2) is 0 Å². The largest absolute Gasteiger partial charge is 0.256 e. The van der Waals surface area contributed by atoms with Crippen LogP contribution < -0.4 is 0 Å². The van der Waals surface area contributed by atoms with Crippen molar-refractivity contribution < 1.29 is 0 Å². The van der Waals surface area contributed by atoms with Crippen molar-refractivity contribution in [1.29, 1.82) is 0 Å². The molecule has 1 heteroatoms. The Hall–Kier alpha value is -2.67. The highest BCUT2D eigenvalue weighted by Crippen LogP contribution is 2.36. The lowest BCUT2D eigenvalue weighted by Gasteiger charge is -2.19. The maximum Gasteiger partial charge on any atom is 0.0708 e. The number of aromatic nitrogens is 1. The fraction of sp³-hybridized carbons (Fsp3) is 0.174. The molecule has 0 aliphatic heterocycles. The number of hydrogen-bond donors (Lipinski definition) is 0. The third kappa shape index (κ3) is 2.78. The number of benzene rings is 2. The fourth-order valence-corrected chi connectivity index (χ4v) is 3.29. The molecule has 3 aromatic rings. The lowest BCUT2D eigenvalue weighted by Crippen LogP contribution is -2.00. The Morgan fingerprint density at radius 2 is 1.79 bits per heavy atom. The number of rotatable bonds is 4. The van der Waals surface area contributed by atoms with Gasteiger partial charge >= 0.3 is 0 Å². The summed E-state index contributed by atoms with van der Waals surface area (Å²) in [5, 5.41) is 1.19. The molecule has 1 nitrogen and oxygen atoms in total. The zero-order chi connectivity index (χ0) is 17.1. The number of aryl methyl sites for hydroxylation is 2. The minimum Gasteiger partial charge on any atom is -0.256 e. The SMILES string of the molecule is C=C/C(C)=C(\c1ccccc1CC)c1c(C)cnc2ccccc12. The molecular weight excluding hydrogens is 290 g/mol. The van der Waals surface area contributed by atoms with Gasteiger partial charge in [0.05, 0.1) is 5.52 Å². The number of hydrogen-bond acceptors (Lipinski definition) is 1. The molecule has 1 aromatic heterocycles. The third-order valence-corrected chi connectivity index (χ3v) is 4.58. The zero-order valence-corrected chi connectivity index (χ0v) is 14.6. The molecule has 120 valence electrons. The topological polar surface area (TPSA) is 12.9 Å². The van der Waals surface area contributed by atoms with E-state index in [9.17, 15) is 0 Å². The van der Waals surface area contributed by atoms with E-state index in [1.54, 1.807) is 0 Å². The molecule has 0 N–H and O–H groups in total. The maximum atomic E-state index is 4.60. The quantitative estimate of drug-likeness (QED) is 0.529. The van der Waals surface area contributed by atoms with Gasteiger partial charge in [-0.2, -0.15) is 0 Å². The summed E-state index contributed by atoms with van der Waals surface area (Å²) < 4.78 is 0. The first-order valence-electron chi connectivity index (χ1n) is 8.43. The third-order valence-electron chi connectivity index (χ3n) is 4.58. The minimum absolute atomic E-state index is 1.01. The van der Waals surface area contributed by atoms with E-state index in [0.717, 1.165) is 11.9 Å². The first kappa shape index (κ1) is 16.2. The average Bonchev–Trinajstić information content (AvgIpc) is 2.63. The van der Waals surface area contributed by atoms with E-state index in [1.807, 2.05) is 18.3 Å². The van der Waals surface area contributed by atoms with Crippen molar-refractivity contribution in [3.63, 3.8) is 0 Å². The van der Waals surface area contributed by atoms with E-state index < -0.39 is 0 Å². The van der Waals surface area contributed by atoms with Crippen LogP contribution in [0.4, 0.5) is 0 Å². The van der Waals surface area contributed by atoms with Crippen LogP contribution in [0, 0.1) is 6.92 Å². The van der Waals surface area contributed by atoms with Gasteiger partial charge in [0.25, 0.3) is 0 Å². The van der Waals surface area contributed by atoms with Crippen molar-refractivity contribution in [3.05, 3.63) is 95.2 Å². The fourth-order valence-electron chi connectivity index (χ4n) is 3.29. The highest BCUT2D eigenvalue weighted by molar-refractivity contribution is 5.99. The van der Waals surface area contributed by atoms with E-state index >= 15 is 0 Å². The molecule has 0 bridgehead atoms. The van der Waals surface area contributed by atoms with Gasteiger partial charge < -0.3 is 0 Å². The molecular formula is C23H23N. The molecule has 0 unspecified atom stereocenters. The molecule has 3 rings (SSSR count). The van der Waals surface area contributed by atoms with Crippen LogP contribution >= 0.6 is 0 Å². The summed E-state index contributed by atoms with van der Waals surface area (Å²) in [6, 6.07) is 17.0. The lowest BCUT2D eigenvalue weighted by atomic mass is 9.86. The second-order valence-corrected chi connectivity index (χ2v) is 6.11. The summed E-state index contributed by atoms with van der Waals surface area (Å²) in [5.41, 5.74) is 8.58. The average molecular weight is 313 g/mol. The molecule has 0 aliphatic rings. The van der Waals surface area contributed by atoms with Crippen LogP contribution in [0.2, 0.25) is 0 Å². The highest BCUT2D eigenvalue weighted by atomic mass is 14.7. The van der Waals surface area contributed by atoms with Gasteiger partial charge in [-0.3, -0.25) is 4.98 Å². The Morgan fingerprint density at radius 3 is 2.54 bits per heavy atom. The van der Waals surface area contributed by atoms with Crippen molar-refractivity contribution in [3.8, 4) is 0 Å². The minimum atomic E-state index is 1.01. The molecule has 2 aromatic carbocycles. The Labute approximate surface area is 144 Å². The Balaban J connectivity index is 2.42. The van der Waals surface area contributed by atoms with Gasteiger partial charge in [0.1, 0.15) is 0 Å². The Kier molecular flexibility index (Phi) is 4.61. The summed E-state index contributed by atoms with van der Waals surface area (Å²) >= 11 is 0. The number of para-hydroxylation sites is 1. The smallest absolute Gasteiger partial charge is 0.0708 e. The molecule has 0 saturated heterocycles. The summed E-state index contributed by atoms with van der Waals surface area (Å²) in [6.45, 7) is 10.5. The van der Waals surface area contributed by atoms with Crippen LogP contribution in [0.25, 0.3) is 16.5 Å². The van der Waals surface area contributed by atoms with E-state index in [4.69, 9.17) is 0 Å². The van der Waals surface area contributed by atoms with E-state index in [2.05, 4.69) is 74.8 Å². The van der Waals surface area contributed by atoms with Crippen LogP contribution in [0.1, 0.15) is 36.1 Å². The molecule has 0 radical (unpaired) electrons. The number of allylic oxidation sites excluding steroid dienone is 2. The summed E-state index contributed by atoms with van der Waals surface area (Å²) in [5.74, 6) is 0. The molecule has 0 amide bonds. The van der Waals surface area contributed by atoms with Crippen molar-refractivity contribution in [2.45, 2.75) is 27.2 Å². The molecule has 0 spiro atoms. The summed E-state index contributed by atoms with van der Waals surface area (Å²) in [4.78, 5) is 4.60. The van der Waals surface area contributed by atoms with Gasteiger partial charge in [0.2, 0.25) is 0 Å². The predicted molar refractivity (Wildman–Crippen MR) is 104 cm³/mol. The second-order valence-electron chi connectivity index (χ2n) is 6.11. The molecule has 24 heavy (non-hydrogen) atoms. The number of pyridine rings is 1. The first-order chi connectivity index (χ1) is 11.7. The number of nitrogens with zero attached hydrogens (tertiary/aromatic N) is 1. The van der Waals surface area contributed by atoms with E-state index in [-0.39, 0.29) is 0 Å². The maximum absolute atomic E-state index is 4.60. The van der Waals surface area contributed by atoms with Crippen LogP contribution in [0.3, 0.4) is 0 Å². The van der Waals surface area contributed by atoms with Crippen molar-refractivity contribution >= 4 is 16.5 Å². The molecule has 1 heterocycles. The predicted octanol–water partition coefficient (Wildman–Crippen LogP) is 6.11. The molecule has 0 atom stereocenters. The summed E-state index contributed by atoms with van der Waals surface area (Å²) in [7, 11) is 0. The van der Waals surface area contributed by atoms with Crippen molar-refractivity contribution in [1.82, 2.24) is 4.98 Å². The Morgan fingerprint density at radius 1 is 1.08 bits per heavy atom. The van der Waals surface area contributed by atoms with Crippen LogP contribution in [0.5, 0.6) is 0 Å². The van der Waals surface area contributed by atoms with Gasteiger partial charge in [-0.15, -0.1) is 0 Å². The first-order valence-corrected chi connectivity index (χ1v) is 8.43. The van der Waals surface area contributed by atoms with Crippen LogP contribution in [-0.2, 0) is 6.42 Å². The molecule has 0 aliphatic carbocycles. The molecule has 0 saturated carbocycles. The number of fused-ring (bicyclic) bond motifs is 1. The second kappa shape index (κ2) is 6.84. The molecule has 0 fully saturated rings. The van der Waals surface area contributed by atoms with Crippen molar-refractivity contribution in [2.24, 2.45) is 0 Å². The van der Waals surface area contributed by atoms with Gasteiger partial charge in [0, 0.05) is 11.6 Å². The normalized spacial score (nSPS) is 12.1. The monoisotopic (exact) mass is 313 g/mol. The van der Waals surface area contributed by atoms with Gasteiger partial charge in [-0.05, 0) is 59.7 Å². The van der Waals surface area contributed by atoms with Gasteiger partial charge in [-0.1, -0.05) is 62.0 Å². The van der Waals surface area contributed by atoms with Crippen molar-refractivity contribution in [2.75, 3.05) is 0 Å². The standard InChI is InChI=1S/C23H23N/c1-5-16(3)22(19-12-8-7-11-18(19)6-2)23-17(4)15-24-21-14-10-9-13-20(21)23/h5,7-15H,1,6H2,2-4H3/b22-16+. The van der Waals surface area contributed by atoms with E-state index in [1.165, 1.54) is 38.8 Å². The van der Waals surface area contributed by atoms with E-state index in [0.29, 0.717) is 0 Å². The Bertz CT molecular complexity index is 932.